The highest BCUT2D eigenvalue weighted by molar-refractivity contribution is 6.21. The van der Waals surface area contributed by atoms with Gasteiger partial charge in [0.05, 0.1) is 23.6 Å². The summed E-state index contributed by atoms with van der Waals surface area (Å²) in [7, 11) is 0. The molecule has 7 nitrogen and oxygen atoms in total. The van der Waals surface area contributed by atoms with Crippen LogP contribution in [0.3, 0.4) is 0 Å². The molecule has 0 aromatic heterocycles. The Labute approximate surface area is 193 Å². The van der Waals surface area contributed by atoms with E-state index in [1.54, 1.807) is 29.2 Å². The van der Waals surface area contributed by atoms with Crippen molar-refractivity contribution < 1.29 is 19.2 Å². The molecule has 4 amide bonds. The first-order valence-corrected chi connectivity index (χ1v) is 11.7. The summed E-state index contributed by atoms with van der Waals surface area (Å²) in [4.78, 5) is 57.7. The molecule has 2 atom stereocenters. The highest BCUT2D eigenvalue weighted by Gasteiger charge is 2.43. The molecule has 2 aromatic carbocycles. The maximum atomic E-state index is 13.5. The van der Waals surface area contributed by atoms with Crippen molar-refractivity contribution in [3.8, 4) is 0 Å². The van der Waals surface area contributed by atoms with Crippen LogP contribution in [0, 0.1) is 0 Å². The van der Waals surface area contributed by atoms with Gasteiger partial charge in [-0.2, -0.15) is 0 Å². The number of fused-ring (bicyclic) bond motifs is 1. The second-order valence-electron chi connectivity index (χ2n) is 8.93. The highest BCUT2D eigenvalue weighted by Crippen LogP contribution is 2.35. The van der Waals surface area contributed by atoms with E-state index in [4.69, 9.17) is 0 Å². The molecule has 0 saturated carbocycles. The zero-order chi connectivity index (χ0) is 22.9. The van der Waals surface area contributed by atoms with Gasteiger partial charge in [-0.3, -0.25) is 24.1 Å². The van der Waals surface area contributed by atoms with E-state index in [0.29, 0.717) is 24.1 Å². The molecule has 170 valence electrons. The first-order valence-electron chi connectivity index (χ1n) is 11.7. The van der Waals surface area contributed by atoms with Crippen LogP contribution in [-0.2, 0) is 9.59 Å². The number of hydrogen-bond acceptors (Lipinski definition) is 4. The molecule has 0 bridgehead atoms. The van der Waals surface area contributed by atoms with E-state index in [2.05, 4.69) is 0 Å². The normalized spacial score (nSPS) is 21.0. The first kappa shape index (κ1) is 21.4. The van der Waals surface area contributed by atoms with Crippen molar-refractivity contribution in [2.75, 3.05) is 19.6 Å². The quantitative estimate of drug-likeness (QED) is 0.663. The summed E-state index contributed by atoms with van der Waals surface area (Å²) in [6.45, 7) is 2.02. The van der Waals surface area contributed by atoms with E-state index in [9.17, 15) is 19.2 Å². The number of carbonyl (C=O) groups is 4. The Kier molecular flexibility index (Phi) is 5.70. The third-order valence-electron chi connectivity index (χ3n) is 6.97. The summed E-state index contributed by atoms with van der Waals surface area (Å²) >= 11 is 0. The van der Waals surface area contributed by atoms with Gasteiger partial charge in [-0.25, -0.2) is 0 Å². The van der Waals surface area contributed by atoms with E-state index >= 15 is 0 Å². The van der Waals surface area contributed by atoms with Crippen LogP contribution < -0.4 is 0 Å². The van der Waals surface area contributed by atoms with Crippen molar-refractivity contribution in [2.45, 2.75) is 44.2 Å². The van der Waals surface area contributed by atoms with Crippen LogP contribution in [0.15, 0.2) is 54.6 Å². The predicted octanol–water partition coefficient (Wildman–Crippen LogP) is 3.03. The van der Waals surface area contributed by atoms with Gasteiger partial charge in [-0.1, -0.05) is 42.5 Å². The molecule has 33 heavy (non-hydrogen) atoms. The van der Waals surface area contributed by atoms with Crippen molar-refractivity contribution in [2.24, 2.45) is 0 Å². The van der Waals surface area contributed by atoms with E-state index in [1.807, 2.05) is 35.2 Å². The summed E-state index contributed by atoms with van der Waals surface area (Å²) in [5.41, 5.74) is 1.44. The number of rotatable bonds is 5. The van der Waals surface area contributed by atoms with Gasteiger partial charge in [-0.05, 0) is 43.4 Å². The Morgan fingerprint density at radius 1 is 0.818 bits per heavy atom. The number of likely N-dealkylation sites (tertiary alicyclic amines) is 2. The van der Waals surface area contributed by atoms with Crippen LogP contribution in [-0.4, -0.2) is 64.0 Å². The Morgan fingerprint density at radius 3 is 2.06 bits per heavy atom. The van der Waals surface area contributed by atoms with E-state index in [0.717, 1.165) is 37.9 Å². The van der Waals surface area contributed by atoms with Crippen LogP contribution in [0.2, 0.25) is 0 Å². The largest absolute Gasteiger partial charge is 0.341 e. The molecule has 0 radical (unpaired) electrons. The lowest BCUT2D eigenvalue weighted by molar-refractivity contribution is -0.143. The number of carbonyl (C=O) groups excluding carboxylic acids is 4. The Balaban J connectivity index is 1.42. The summed E-state index contributed by atoms with van der Waals surface area (Å²) in [6.07, 6.45) is 3.40. The number of hydrogen-bond donors (Lipinski definition) is 0. The number of imide groups is 1. The second kappa shape index (κ2) is 8.81. The van der Waals surface area contributed by atoms with Crippen molar-refractivity contribution in [1.29, 1.82) is 0 Å². The number of nitrogens with zero attached hydrogens (tertiary/aromatic N) is 3. The topological polar surface area (TPSA) is 78.0 Å². The average molecular weight is 446 g/mol. The molecule has 3 aliphatic heterocycles. The molecular weight excluding hydrogens is 418 g/mol. The molecule has 0 aliphatic carbocycles. The van der Waals surface area contributed by atoms with E-state index in [1.165, 1.54) is 4.90 Å². The van der Waals surface area contributed by atoms with Gasteiger partial charge in [0.15, 0.2) is 0 Å². The fraction of sp³-hybridized carbons (Fsp3) is 0.385. The predicted molar refractivity (Wildman–Crippen MR) is 121 cm³/mol. The summed E-state index contributed by atoms with van der Waals surface area (Å²) in [5, 5.41) is 0. The highest BCUT2D eigenvalue weighted by atomic mass is 16.2. The van der Waals surface area contributed by atoms with Crippen LogP contribution in [0.4, 0.5) is 0 Å². The lowest BCUT2D eigenvalue weighted by atomic mass is 10.0. The van der Waals surface area contributed by atoms with Gasteiger partial charge in [0.2, 0.25) is 11.8 Å². The molecule has 2 aromatic rings. The fourth-order valence-corrected chi connectivity index (χ4v) is 5.28. The van der Waals surface area contributed by atoms with Crippen LogP contribution in [0.25, 0.3) is 0 Å². The van der Waals surface area contributed by atoms with Gasteiger partial charge in [-0.15, -0.1) is 0 Å². The summed E-state index contributed by atoms with van der Waals surface area (Å²) in [5.74, 6) is -0.947. The molecule has 5 rings (SSSR count). The zero-order valence-electron chi connectivity index (χ0n) is 18.5. The smallest absolute Gasteiger partial charge is 0.262 e. The lowest BCUT2D eigenvalue weighted by Crippen LogP contribution is -2.48. The van der Waals surface area contributed by atoms with Crippen LogP contribution in [0.1, 0.15) is 64.4 Å². The van der Waals surface area contributed by atoms with Crippen molar-refractivity contribution in [3.05, 3.63) is 71.3 Å². The third kappa shape index (κ3) is 3.81. The Hall–Kier alpha value is -3.48. The molecule has 2 saturated heterocycles. The van der Waals surface area contributed by atoms with Gasteiger partial charge in [0.25, 0.3) is 11.8 Å². The van der Waals surface area contributed by atoms with Gasteiger partial charge in [0, 0.05) is 19.6 Å². The molecule has 3 aliphatic rings. The monoisotopic (exact) mass is 445 g/mol. The molecule has 3 heterocycles. The lowest BCUT2D eigenvalue weighted by Gasteiger charge is -2.31. The Bertz CT molecular complexity index is 1060. The zero-order valence-corrected chi connectivity index (χ0v) is 18.5. The number of amides is 4. The van der Waals surface area contributed by atoms with Crippen molar-refractivity contribution in [1.82, 2.24) is 14.7 Å². The molecule has 0 N–H and O–H groups in total. The minimum atomic E-state index is -0.728. The van der Waals surface area contributed by atoms with Gasteiger partial charge >= 0.3 is 0 Å². The molecule has 1 unspecified atom stereocenters. The maximum absolute atomic E-state index is 13.5. The van der Waals surface area contributed by atoms with Crippen molar-refractivity contribution >= 4 is 23.6 Å². The second-order valence-corrected chi connectivity index (χ2v) is 8.93. The molecule has 2 fully saturated rings. The third-order valence-corrected chi connectivity index (χ3v) is 6.97. The minimum Gasteiger partial charge on any atom is -0.341 e. The molecular formula is C26H27N3O4. The van der Waals surface area contributed by atoms with Crippen LogP contribution in [0.5, 0.6) is 0 Å². The summed E-state index contributed by atoms with van der Waals surface area (Å²) in [6, 6.07) is 14.8. The average Bonchev–Trinajstić information content (AvgIpc) is 3.60. The fourth-order valence-electron chi connectivity index (χ4n) is 5.28. The van der Waals surface area contributed by atoms with E-state index in [-0.39, 0.29) is 30.0 Å². The minimum absolute atomic E-state index is 0.0235. The van der Waals surface area contributed by atoms with Gasteiger partial charge < -0.3 is 9.80 Å². The van der Waals surface area contributed by atoms with Crippen molar-refractivity contribution in [3.63, 3.8) is 0 Å². The summed E-state index contributed by atoms with van der Waals surface area (Å²) < 4.78 is 0. The number of benzene rings is 2. The molecule has 0 spiro atoms. The maximum Gasteiger partial charge on any atom is 0.262 e. The van der Waals surface area contributed by atoms with E-state index < -0.39 is 12.1 Å². The van der Waals surface area contributed by atoms with Gasteiger partial charge in [0.1, 0.15) is 6.04 Å². The van der Waals surface area contributed by atoms with Crippen LogP contribution >= 0.6 is 0 Å². The SMILES string of the molecule is O=C([C@@H]1CCCN1C(=O)CC(c1ccccc1)N1C(=O)c2ccccc2C1=O)N1CCCC1. The standard InChI is InChI=1S/C26H27N3O4/c30-23(28-16-8-13-21(28)26(33)27-14-6-7-15-27)17-22(18-9-2-1-3-10-18)29-24(31)19-11-4-5-12-20(19)25(29)32/h1-5,9-12,21-22H,6-8,13-17H2/t21-,22?/m0/s1. The first-order chi connectivity index (χ1) is 16.1. The Morgan fingerprint density at radius 2 is 1.42 bits per heavy atom. The molecule has 7 heteroatoms.